The highest BCUT2D eigenvalue weighted by atomic mass is 16.6. The molecule has 0 amide bonds. The number of aromatic hydroxyl groups is 1. The second-order valence-electron chi connectivity index (χ2n) is 8.83. The third-order valence-corrected chi connectivity index (χ3v) is 6.61. The summed E-state index contributed by atoms with van der Waals surface area (Å²) in [4.78, 5) is 37.7. The van der Waals surface area contributed by atoms with Gasteiger partial charge >= 0.3 is 11.9 Å². The zero-order valence-corrected chi connectivity index (χ0v) is 18.1. The van der Waals surface area contributed by atoms with Crippen LogP contribution < -0.4 is 0 Å². The van der Waals surface area contributed by atoms with Gasteiger partial charge in [0.15, 0.2) is 5.78 Å². The van der Waals surface area contributed by atoms with Crippen molar-refractivity contribution in [3.63, 3.8) is 0 Å². The number of rotatable bonds is 3. The lowest BCUT2D eigenvalue weighted by molar-refractivity contribution is -0.183. The van der Waals surface area contributed by atoms with E-state index in [0.29, 0.717) is 11.1 Å². The molecule has 7 heteroatoms. The number of esters is 2. The molecular formula is C23H28O7. The fourth-order valence-corrected chi connectivity index (χ4v) is 5.13. The highest BCUT2D eigenvalue weighted by molar-refractivity contribution is 6.10. The minimum absolute atomic E-state index is 0.0461. The number of fused-ring (bicyclic) bond motifs is 3. The van der Waals surface area contributed by atoms with E-state index in [2.05, 4.69) is 0 Å². The third-order valence-electron chi connectivity index (χ3n) is 6.61. The number of benzene rings is 1. The van der Waals surface area contributed by atoms with Crippen molar-refractivity contribution in [2.75, 3.05) is 7.11 Å². The first-order chi connectivity index (χ1) is 13.9. The summed E-state index contributed by atoms with van der Waals surface area (Å²) in [5.41, 5.74) is -1.17. The van der Waals surface area contributed by atoms with Crippen molar-refractivity contribution in [3.8, 4) is 5.75 Å². The van der Waals surface area contributed by atoms with Gasteiger partial charge in [-0.3, -0.25) is 14.4 Å². The predicted molar refractivity (Wildman–Crippen MR) is 108 cm³/mol. The Labute approximate surface area is 175 Å². The van der Waals surface area contributed by atoms with E-state index >= 15 is 0 Å². The molecule has 0 bridgehead atoms. The molecule has 0 saturated heterocycles. The smallest absolute Gasteiger partial charge is 0.319 e. The number of phenols is 1. The SMILES string of the molecule is COC(=O)C1(C)C(=O)C=CC2(C)c3c(O)cc(C(C)C)cc3C(O)C(OC(C)=O)C12. The van der Waals surface area contributed by atoms with E-state index in [4.69, 9.17) is 9.47 Å². The number of hydrogen-bond donors (Lipinski definition) is 2. The van der Waals surface area contributed by atoms with Gasteiger partial charge in [0, 0.05) is 23.8 Å². The summed E-state index contributed by atoms with van der Waals surface area (Å²) in [6.07, 6.45) is 0.380. The van der Waals surface area contributed by atoms with E-state index in [0.717, 1.165) is 5.56 Å². The average molecular weight is 416 g/mol. The Hall–Kier alpha value is -2.67. The summed E-state index contributed by atoms with van der Waals surface area (Å²) in [5.74, 6) is -2.91. The summed E-state index contributed by atoms with van der Waals surface area (Å²) >= 11 is 0. The fraction of sp³-hybridized carbons (Fsp3) is 0.522. The van der Waals surface area contributed by atoms with Crippen LogP contribution in [0.15, 0.2) is 24.3 Å². The van der Waals surface area contributed by atoms with Crippen LogP contribution >= 0.6 is 0 Å². The van der Waals surface area contributed by atoms with Crippen molar-refractivity contribution in [2.45, 2.75) is 58.2 Å². The van der Waals surface area contributed by atoms with Gasteiger partial charge in [-0.2, -0.15) is 0 Å². The third kappa shape index (κ3) is 2.95. The molecule has 0 heterocycles. The molecule has 2 aliphatic carbocycles. The lowest BCUT2D eigenvalue weighted by Gasteiger charge is -2.54. The van der Waals surface area contributed by atoms with Crippen molar-refractivity contribution in [1.82, 2.24) is 0 Å². The maximum atomic E-state index is 12.9. The number of carbonyl (C=O) groups is 3. The van der Waals surface area contributed by atoms with Gasteiger partial charge < -0.3 is 19.7 Å². The number of methoxy groups -OCH3 is 1. The minimum atomic E-state index is -1.72. The quantitative estimate of drug-likeness (QED) is 0.576. The van der Waals surface area contributed by atoms with E-state index in [1.165, 1.54) is 27.0 Å². The maximum Gasteiger partial charge on any atom is 0.319 e. The molecule has 0 aromatic heterocycles. The molecule has 7 nitrogen and oxygen atoms in total. The molecule has 3 rings (SSSR count). The molecule has 5 atom stereocenters. The van der Waals surface area contributed by atoms with Crippen LogP contribution in [-0.4, -0.2) is 41.1 Å². The first-order valence-corrected chi connectivity index (χ1v) is 9.94. The van der Waals surface area contributed by atoms with Crippen molar-refractivity contribution in [2.24, 2.45) is 11.3 Å². The van der Waals surface area contributed by atoms with E-state index in [-0.39, 0.29) is 11.7 Å². The normalized spacial score (nSPS) is 32.4. The molecule has 1 aromatic carbocycles. The summed E-state index contributed by atoms with van der Waals surface area (Å²) in [6.45, 7) is 8.31. The van der Waals surface area contributed by atoms with Gasteiger partial charge in [0.2, 0.25) is 0 Å². The van der Waals surface area contributed by atoms with Gasteiger partial charge in [-0.05, 0) is 36.1 Å². The number of hydrogen-bond acceptors (Lipinski definition) is 7. The van der Waals surface area contributed by atoms with Crippen LogP contribution in [0.25, 0.3) is 0 Å². The minimum Gasteiger partial charge on any atom is -0.508 e. The Morgan fingerprint density at radius 3 is 2.37 bits per heavy atom. The van der Waals surface area contributed by atoms with Gasteiger partial charge in [-0.1, -0.05) is 32.9 Å². The highest BCUT2D eigenvalue weighted by Crippen LogP contribution is 2.59. The molecule has 0 aliphatic heterocycles. The lowest BCUT2D eigenvalue weighted by Crippen LogP contribution is -2.61. The second kappa shape index (κ2) is 7.23. The average Bonchev–Trinajstić information content (AvgIpc) is 2.67. The largest absolute Gasteiger partial charge is 0.508 e. The number of ketones is 1. The number of carbonyl (C=O) groups excluding carboxylic acids is 3. The molecule has 30 heavy (non-hydrogen) atoms. The van der Waals surface area contributed by atoms with E-state index in [1.807, 2.05) is 13.8 Å². The molecule has 0 fully saturated rings. The van der Waals surface area contributed by atoms with Crippen LogP contribution in [0, 0.1) is 11.3 Å². The van der Waals surface area contributed by atoms with Gasteiger partial charge in [0.25, 0.3) is 0 Å². The number of phenolic OH excluding ortho intramolecular Hbond substituents is 1. The number of aliphatic hydroxyl groups is 1. The van der Waals surface area contributed by atoms with Crippen molar-refractivity contribution in [3.05, 3.63) is 41.0 Å². The summed E-state index contributed by atoms with van der Waals surface area (Å²) in [5, 5.41) is 22.2. The molecule has 2 aliphatic rings. The van der Waals surface area contributed by atoms with Gasteiger partial charge in [0.05, 0.1) is 7.11 Å². The van der Waals surface area contributed by atoms with Crippen LogP contribution in [0.1, 0.15) is 63.3 Å². The Morgan fingerprint density at radius 2 is 1.83 bits per heavy atom. The summed E-state index contributed by atoms with van der Waals surface area (Å²) < 4.78 is 10.4. The van der Waals surface area contributed by atoms with Crippen LogP contribution in [0.5, 0.6) is 5.75 Å². The molecule has 0 saturated carbocycles. The maximum absolute atomic E-state index is 12.9. The number of aliphatic hydroxyl groups excluding tert-OH is 1. The second-order valence-corrected chi connectivity index (χ2v) is 8.83. The molecular weight excluding hydrogens is 388 g/mol. The number of ether oxygens (including phenoxy) is 2. The summed E-state index contributed by atoms with van der Waals surface area (Å²) in [6, 6.07) is 3.41. The standard InChI is InChI=1S/C23H28O7/c1-11(2)13-9-14-17(15(25)10-13)22(4)8-7-16(26)23(5,21(28)29-6)20(22)19(18(14)27)30-12(3)24/h7-11,18-20,25,27H,1-6H3. The molecule has 0 radical (unpaired) electrons. The monoisotopic (exact) mass is 416 g/mol. The molecule has 0 spiro atoms. The predicted octanol–water partition coefficient (Wildman–Crippen LogP) is 2.69. The first-order valence-electron chi connectivity index (χ1n) is 9.94. The van der Waals surface area contributed by atoms with Crippen LogP contribution in [0.3, 0.4) is 0 Å². The van der Waals surface area contributed by atoms with Crippen LogP contribution in [0.4, 0.5) is 0 Å². The topological polar surface area (TPSA) is 110 Å². The highest BCUT2D eigenvalue weighted by Gasteiger charge is 2.65. The zero-order valence-electron chi connectivity index (χ0n) is 18.1. The Balaban J connectivity index is 2.39. The van der Waals surface area contributed by atoms with Gasteiger partial charge in [0.1, 0.15) is 23.4 Å². The Morgan fingerprint density at radius 1 is 1.20 bits per heavy atom. The Bertz CT molecular complexity index is 947. The Kier molecular flexibility index (Phi) is 5.31. The van der Waals surface area contributed by atoms with E-state index in [9.17, 15) is 24.6 Å². The molecule has 5 unspecified atom stereocenters. The first kappa shape index (κ1) is 22.0. The van der Waals surface area contributed by atoms with Crippen molar-refractivity contribution >= 4 is 17.7 Å². The van der Waals surface area contributed by atoms with Gasteiger partial charge in [-0.25, -0.2) is 0 Å². The number of allylic oxidation sites excluding steroid dienone is 2. The van der Waals surface area contributed by atoms with Crippen LogP contribution in [0.2, 0.25) is 0 Å². The fourth-order valence-electron chi connectivity index (χ4n) is 5.13. The molecule has 1 aromatic rings. The van der Waals surface area contributed by atoms with E-state index < -0.39 is 46.7 Å². The molecule has 2 N–H and O–H groups in total. The molecule has 162 valence electrons. The van der Waals surface area contributed by atoms with Crippen molar-refractivity contribution < 1.29 is 34.1 Å². The van der Waals surface area contributed by atoms with E-state index in [1.54, 1.807) is 25.1 Å². The zero-order chi connectivity index (χ0) is 22.6. The van der Waals surface area contributed by atoms with Crippen molar-refractivity contribution in [1.29, 1.82) is 0 Å². The van der Waals surface area contributed by atoms with Crippen LogP contribution in [-0.2, 0) is 29.3 Å². The van der Waals surface area contributed by atoms with Gasteiger partial charge in [-0.15, -0.1) is 0 Å². The summed E-state index contributed by atoms with van der Waals surface area (Å²) in [7, 11) is 1.18. The lowest BCUT2D eigenvalue weighted by atomic mass is 9.50.